The van der Waals surface area contributed by atoms with Crippen LogP contribution in [-0.2, 0) is 0 Å². The van der Waals surface area contributed by atoms with Gasteiger partial charge in [-0.05, 0) is 32.1 Å². The summed E-state index contributed by atoms with van der Waals surface area (Å²) in [4.78, 5) is 2.66. The van der Waals surface area contributed by atoms with Crippen LogP contribution in [0.25, 0.3) is 0 Å². The van der Waals surface area contributed by atoms with Crippen molar-refractivity contribution < 1.29 is 5.11 Å². The van der Waals surface area contributed by atoms with Crippen molar-refractivity contribution in [1.82, 2.24) is 4.90 Å². The van der Waals surface area contributed by atoms with Gasteiger partial charge < -0.3 is 5.11 Å². The Morgan fingerprint density at radius 1 is 1.21 bits per heavy atom. The van der Waals surface area contributed by atoms with Crippen LogP contribution in [0.3, 0.4) is 0 Å². The van der Waals surface area contributed by atoms with Crippen molar-refractivity contribution in [1.29, 1.82) is 0 Å². The fourth-order valence-electron chi connectivity index (χ4n) is 3.27. The molecule has 82 valence electrons. The summed E-state index contributed by atoms with van der Waals surface area (Å²) in [6.45, 7) is 4.57. The molecular weight excluding hydrogens is 174 g/mol. The summed E-state index contributed by atoms with van der Waals surface area (Å²) in [5.41, 5.74) is 0.514. The summed E-state index contributed by atoms with van der Waals surface area (Å²) in [7, 11) is 0. The second kappa shape index (κ2) is 4.19. The minimum Gasteiger partial charge on any atom is -0.393 e. The second-order valence-electron chi connectivity index (χ2n) is 5.00. The van der Waals surface area contributed by atoms with Crippen LogP contribution in [0, 0.1) is 0 Å². The van der Waals surface area contributed by atoms with Gasteiger partial charge in [0.2, 0.25) is 0 Å². The minimum atomic E-state index is -0.0263. The van der Waals surface area contributed by atoms with Crippen molar-refractivity contribution in [2.45, 2.75) is 63.5 Å². The second-order valence-corrected chi connectivity index (χ2v) is 5.00. The highest BCUT2D eigenvalue weighted by molar-refractivity contribution is 4.95. The normalized spacial score (nSPS) is 29.6. The van der Waals surface area contributed by atoms with Crippen LogP contribution in [0.15, 0.2) is 0 Å². The highest BCUT2D eigenvalue weighted by atomic mass is 16.3. The van der Waals surface area contributed by atoms with E-state index < -0.39 is 0 Å². The molecule has 0 radical (unpaired) electrons. The van der Waals surface area contributed by atoms with Gasteiger partial charge in [-0.1, -0.05) is 19.8 Å². The number of hydrogen-bond acceptors (Lipinski definition) is 2. The zero-order valence-corrected chi connectivity index (χ0v) is 9.34. The van der Waals surface area contributed by atoms with Crippen LogP contribution in [0.2, 0.25) is 0 Å². The van der Waals surface area contributed by atoms with Crippen LogP contribution in [0.5, 0.6) is 0 Å². The van der Waals surface area contributed by atoms with E-state index in [4.69, 9.17) is 0 Å². The Morgan fingerprint density at radius 3 is 2.29 bits per heavy atom. The molecule has 0 aromatic carbocycles. The lowest BCUT2D eigenvalue weighted by Crippen LogP contribution is -2.50. The van der Waals surface area contributed by atoms with E-state index in [1.54, 1.807) is 0 Å². The molecule has 0 aromatic rings. The zero-order valence-electron chi connectivity index (χ0n) is 9.34. The number of hydrogen-bond donors (Lipinski definition) is 1. The molecule has 0 amide bonds. The van der Waals surface area contributed by atoms with Crippen molar-refractivity contribution in [3.8, 4) is 0 Å². The molecular formula is C12H23NO. The predicted molar refractivity (Wildman–Crippen MR) is 58.3 cm³/mol. The molecule has 2 fully saturated rings. The Hall–Kier alpha value is -0.0800. The van der Waals surface area contributed by atoms with Crippen LogP contribution in [0.1, 0.15) is 51.9 Å². The molecule has 1 saturated heterocycles. The van der Waals surface area contributed by atoms with Gasteiger partial charge in [-0.25, -0.2) is 0 Å². The Labute approximate surface area is 87.3 Å². The molecule has 1 saturated carbocycles. The van der Waals surface area contributed by atoms with Crippen LogP contribution in [-0.4, -0.2) is 34.7 Å². The molecule has 0 aromatic heterocycles. The first kappa shape index (κ1) is 10.4. The Bertz CT molecular complexity index is 179. The van der Waals surface area contributed by atoms with E-state index in [0.717, 1.165) is 25.9 Å². The third-order valence-corrected chi connectivity index (χ3v) is 4.33. The molecule has 1 N–H and O–H groups in total. The lowest BCUT2D eigenvalue weighted by atomic mass is 9.89. The van der Waals surface area contributed by atoms with E-state index in [9.17, 15) is 5.11 Å². The molecule has 1 heterocycles. The molecule has 1 aliphatic heterocycles. The SMILES string of the molecule is CCC1(N2CCC(O)CC2)CCCC1. The van der Waals surface area contributed by atoms with Gasteiger partial charge >= 0.3 is 0 Å². The maximum Gasteiger partial charge on any atom is 0.0564 e. The van der Waals surface area contributed by atoms with Crippen molar-refractivity contribution in [2.24, 2.45) is 0 Å². The molecule has 0 unspecified atom stereocenters. The summed E-state index contributed by atoms with van der Waals surface area (Å²) < 4.78 is 0. The standard InChI is InChI=1S/C12H23NO/c1-2-12(7-3-4-8-12)13-9-5-11(14)6-10-13/h11,14H,2-10H2,1H3. The van der Waals surface area contributed by atoms with Gasteiger partial charge in [0.05, 0.1) is 6.10 Å². The van der Waals surface area contributed by atoms with Gasteiger partial charge in [0, 0.05) is 18.6 Å². The van der Waals surface area contributed by atoms with Crippen molar-refractivity contribution in [2.75, 3.05) is 13.1 Å². The Kier molecular flexibility index (Phi) is 3.13. The maximum atomic E-state index is 9.50. The quantitative estimate of drug-likeness (QED) is 0.733. The first-order valence-electron chi connectivity index (χ1n) is 6.20. The molecule has 2 rings (SSSR count). The molecule has 1 aliphatic carbocycles. The fourth-order valence-corrected chi connectivity index (χ4v) is 3.27. The van der Waals surface area contributed by atoms with Crippen LogP contribution >= 0.6 is 0 Å². The first-order chi connectivity index (χ1) is 6.77. The summed E-state index contributed by atoms with van der Waals surface area (Å²) in [5, 5.41) is 9.50. The molecule has 0 bridgehead atoms. The van der Waals surface area contributed by atoms with Crippen molar-refractivity contribution in [3.05, 3.63) is 0 Å². The average Bonchev–Trinajstić information content (AvgIpc) is 2.68. The van der Waals surface area contributed by atoms with Gasteiger partial charge in [0.25, 0.3) is 0 Å². The van der Waals surface area contributed by atoms with Gasteiger partial charge in [0.1, 0.15) is 0 Å². The lowest BCUT2D eigenvalue weighted by Gasteiger charge is -2.44. The smallest absolute Gasteiger partial charge is 0.0564 e. The van der Waals surface area contributed by atoms with Crippen molar-refractivity contribution in [3.63, 3.8) is 0 Å². The van der Waals surface area contributed by atoms with Crippen LogP contribution in [0.4, 0.5) is 0 Å². The fraction of sp³-hybridized carbons (Fsp3) is 1.00. The molecule has 0 spiro atoms. The summed E-state index contributed by atoms with van der Waals surface area (Å²) >= 11 is 0. The van der Waals surface area contributed by atoms with Gasteiger partial charge in [0.15, 0.2) is 0 Å². The van der Waals surface area contributed by atoms with Gasteiger partial charge in [-0.15, -0.1) is 0 Å². The molecule has 2 nitrogen and oxygen atoms in total. The summed E-state index contributed by atoms with van der Waals surface area (Å²) in [6, 6.07) is 0. The number of aliphatic hydroxyl groups excluding tert-OH is 1. The molecule has 2 heteroatoms. The number of rotatable bonds is 2. The third-order valence-electron chi connectivity index (χ3n) is 4.33. The van der Waals surface area contributed by atoms with Gasteiger partial charge in [-0.3, -0.25) is 4.90 Å². The first-order valence-corrected chi connectivity index (χ1v) is 6.20. The topological polar surface area (TPSA) is 23.5 Å². The molecule has 0 atom stereocenters. The predicted octanol–water partition coefficient (Wildman–Crippen LogP) is 2.17. The van der Waals surface area contributed by atoms with E-state index in [-0.39, 0.29) is 6.10 Å². The third kappa shape index (κ3) is 1.82. The van der Waals surface area contributed by atoms with E-state index in [2.05, 4.69) is 11.8 Å². The lowest BCUT2D eigenvalue weighted by molar-refractivity contribution is 0.0150. The Balaban J connectivity index is 1.98. The number of piperidine rings is 1. The minimum absolute atomic E-state index is 0.0263. The highest BCUT2D eigenvalue weighted by Gasteiger charge is 2.38. The summed E-state index contributed by atoms with van der Waals surface area (Å²) in [6.07, 6.45) is 8.84. The zero-order chi connectivity index (χ0) is 10.0. The van der Waals surface area contributed by atoms with Gasteiger partial charge in [-0.2, -0.15) is 0 Å². The van der Waals surface area contributed by atoms with Crippen molar-refractivity contribution >= 4 is 0 Å². The van der Waals surface area contributed by atoms with E-state index in [1.165, 1.54) is 32.1 Å². The average molecular weight is 197 g/mol. The number of aliphatic hydroxyl groups is 1. The monoisotopic (exact) mass is 197 g/mol. The summed E-state index contributed by atoms with van der Waals surface area (Å²) in [5.74, 6) is 0. The molecule has 14 heavy (non-hydrogen) atoms. The van der Waals surface area contributed by atoms with E-state index in [1.807, 2.05) is 0 Å². The molecule has 2 aliphatic rings. The Morgan fingerprint density at radius 2 is 1.79 bits per heavy atom. The largest absolute Gasteiger partial charge is 0.393 e. The highest BCUT2D eigenvalue weighted by Crippen LogP contribution is 2.39. The van der Waals surface area contributed by atoms with E-state index in [0.29, 0.717) is 5.54 Å². The maximum absolute atomic E-state index is 9.50. The number of likely N-dealkylation sites (tertiary alicyclic amines) is 1. The number of nitrogens with zero attached hydrogens (tertiary/aromatic N) is 1. The van der Waals surface area contributed by atoms with E-state index >= 15 is 0 Å². The van der Waals surface area contributed by atoms with Crippen LogP contribution < -0.4 is 0 Å².